The predicted molar refractivity (Wildman–Crippen MR) is 70.2 cm³/mol. The lowest BCUT2D eigenvalue weighted by Crippen LogP contribution is -2.11. The number of benzene rings is 1. The average Bonchev–Trinajstić information content (AvgIpc) is 2.46. The molecule has 0 saturated heterocycles. The van der Waals surface area contributed by atoms with E-state index in [1.807, 2.05) is 0 Å². The molecule has 0 bridgehead atoms. The third kappa shape index (κ3) is 3.24. The molecule has 1 heterocycles. The minimum Gasteiger partial charge on any atom is -0.482 e. The van der Waals surface area contributed by atoms with Crippen LogP contribution in [-0.4, -0.2) is 11.0 Å². The molecule has 2 rings (SSSR count). The molecule has 1 aromatic heterocycles. The Labute approximate surface area is 114 Å². The van der Waals surface area contributed by atoms with E-state index in [1.165, 1.54) is 6.07 Å². The van der Waals surface area contributed by atoms with Gasteiger partial charge in [-0.2, -0.15) is 0 Å². The first-order valence-electron chi connectivity index (χ1n) is 5.84. The van der Waals surface area contributed by atoms with E-state index in [0.29, 0.717) is 5.56 Å². The van der Waals surface area contributed by atoms with E-state index in [4.69, 9.17) is 20.0 Å². The van der Waals surface area contributed by atoms with Gasteiger partial charge in [-0.25, -0.2) is 0 Å². The van der Waals surface area contributed by atoms with Crippen LogP contribution in [0.2, 0.25) is 0 Å². The number of carbonyl (C=O) groups is 1. The van der Waals surface area contributed by atoms with E-state index in [2.05, 4.69) is 0 Å². The Balaban J connectivity index is 2.05. The van der Waals surface area contributed by atoms with Gasteiger partial charge in [-0.05, 0) is 17.7 Å². The van der Waals surface area contributed by atoms with Crippen molar-refractivity contribution in [3.8, 4) is 5.75 Å². The molecule has 104 valence electrons. The molecule has 0 radical (unpaired) electrons. The maximum Gasteiger partial charge on any atom is 0.248 e. The minimum atomic E-state index is -0.502. The SMILES string of the molecule is NC(=O)c1ccc(COc2coc(CO)cc2=O)cc1. The van der Waals surface area contributed by atoms with Gasteiger partial charge in [-0.1, -0.05) is 12.1 Å². The predicted octanol–water partition coefficient (Wildman–Crippen LogP) is 0.810. The lowest BCUT2D eigenvalue weighted by molar-refractivity contribution is 0.1000. The number of hydrogen-bond donors (Lipinski definition) is 2. The van der Waals surface area contributed by atoms with Crippen LogP contribution in [0.4, 0.5) is 0 Å². The third-order valence-electron chi connectivity index (χ3n) is 2.64. The molecule has 0 fully saturated rings. The van der Waals surface area contributed by atoms with Gasteiger partial charge in [0.25, 0.3) is 0 Å². The fourth-order valence-electron chi connectivity index (χ4n) is 1.55. The van der Waals surface area contributed by atoms with E-state index in [0.717, 1.165) is 11.8 Å². The highest BCUT2D eigenvalue weighted by Gasteiger charge is 2.05. The number of aliphatic hydroxyl groups excluding tert-OH is 1. The monoisotopic (exact) mass is 275 g/mol. The van der Waals surface area contributed by atoms with E-state index in [-0.39, 0.29) is 30.2 Å². The van der Waals surface area contributed by atoms with E-state index < -0.39 is 5.91 Å². The number of hydrogen-bond acceptors (Lipinski definition) is 5. The van der Waals surface area contributed by atoms with Gasteiger partial charge in [0.05, 0.1) is 0 Å². The number of carbonyl (C=O) groups excluding carboxylic acids is 1. The summed E-state index contributed by atoms with van der Waals surface area (Å²) in [7, 11) is 0. The topological polar surface area (TPSA) is 103 Å². The first-order chi connectivity index (χ1) is 9.60. The van der Waals surface area contributed by atoms with Crippen molar-refractivity contribution in [3.63, 3.8) is 0 Å². The molecule has 0 aliphatic carbocycles. The summed E-state index contributed by atoms with van der Waals surface area (Å²) >= 11 is 0. The second-order valence-electron chi connectivity index (χ2n) is 4.08. The lowest BCUT2D eigenvalue weighted by atomic mass is 10.1. The quantitative estimate of drug-likeness (QED) is 0.840. The largest absolute Gasteiger partial charge is 0.482 e. The molecule has 2 aromatic rings. The molecule has 0 aliphatic heterocycles. The molecule has 0 unspecified atom stereocenters. The summed E-state index contributed by atoms with van der Waals surface area (Å²) in [6.07, 6.45) is 1.16. The fourth-order valence-corrected chi connectivity index (χ4v) is 1.55. The molecule has 0 saturated carbocycles. The Morgan fingerprint density at radius 1 is 1.30 bits per heavy atom. The normalized spacial score (nSPS) is 10.2. The molecule has 1 aromatic carbocycles. The maximum atomic E-state index is 11.6. The van der Waals surface area contributed by atoms with E-state index in [9.17, 15) is 9.59 Å². The number of primary amides is 1. The summed E-state index contributed by atoms with van der Waals surface area (Å²) in [5, 5.41) is 8.82. The molecule has 6 nitrogen and oxygen atoms in total. The van der Waals surface area contributed by atoms with Gasteiger partial charge in [0.2, 0.25) is 17.1 Å². The van der Waals surface area contributed by atoms with Crippen molar-refractivity contribution in [1.82, 2.24) is 0 Å². The van der Waals surface area contributed by atoms with E-state index in [1.54, 1.807) is 24.3 Å². The van der Waals surface area contributed by atoms with Gasteiger partial charge in [0, 0.05) is 11.6 Å². The zero-order chi connectivity index (χ0) is 14.5. The van der Waals surface area contributed by atoms with Gasteiger partial charge in [-0.15, -0.1) is 0 Å². The van der Waals surface area contributed by atoms with Crippen LogP contribution in [0.3, 0.4) is 0 Å². The molecule has 20 heavy (non-hydrogen) atoms. The molecule has 3 N–H and O–H groups in total. The first-order valence-corrected chi connectivity index (χ1v) is 5.84. The maximum absolute atomic E-state index is 11.6. The fraction of sp³-hybridized carbons (Fsp3) is 0.143. The summed E-state index contributed by atoms with van der Waals surface area (Å²) in [5.41, 5.74) is 5.95. The molecule has 0 aliphatic rings. The van der Waals surface area contributed by atoms with Gasteiger partial charge in [0.1, 0.15) is 25.2 Å². The second-order valence-corrected chi connectivity index (χ2v) is 4.08. The Morgan fingerprint density at radius 3 is 2.55 bits per heavy atom. The summed E-state index contributed by atoms with van der Waals surface area (Å²) in [6.45, 7) is -0.188. The van der Waals surface area contributed by atoms with Crippen LogP contribution < -0.4 is 15.9 Å². The number of rotatable bonds is 5. The molecule has 1 amide bonds. The van der Waals surface area contributed by atoms with Crippen molar-refractivity contribution in [2.24, 2.45) is 5.73 Å². The van der Waals surface area contributed by atoms with Crippen LogP contribution in [0.25, 0.3) is 0 Å². The smallest absolute Gasteiger partial charge is 0.248 e. The number of aliphatic hydroxyl groups is 1. The van der Waals surface area contributed by atoms with Crippen molar-refractivity contribution in [3.05, 3.63) is 63.7 Å². The zero-order valence-corrected chi connectivity index (χ0v) is 10.5. The molecule has 0 spiro atoms. The zero-order valence-electron chi connectivity index (χ0n) is 10.5. The van der Waals surface area contributed by atoms with Crippen LogP contribution in [0.1, 0.15) is 21.7 Å². The van der Waals surface area contributed by atoms with Crippen molar-refractivity contribution >= 4 is 5.91 Å². The van der Waals surface area contributed by atoms with Crippen LogP contribution in [-0.2, 0) is 13.2 Å². The minimum absolute atomic E-state index is 0.0566. The van der Waals surface area contributed by atoms with Crippen molar-refractivity contribution < 1.29 is 19.1 Å². The number of amides is 1. The molecular weight excluding hydrogens is 262 g/mol. The Kier molecular flexibility index (Phi) is 4.17. The highest BCUT2D eigenvalue weighted by atomic mass is 16.5. The van der Waals surface area contributed by atoms with Gasteiger partial charge < -0.3 is 20.0 Å². The van der Waals surface area contributed by atoms with Crippen LogP contribution in [0.15, 0.2) is 45.8 Å². The van der Waals surface area contributed by atoms with Crippen LogP contribution >= 0.6 is 0 Å². The van der Waals surface area contributed by atoms with Crippen molar-refractivity contribution in [2.75, 3.05) is 0 Å². The van der Waals surface area contributed by atoms with Crippen LogP contribution in [0.5, 0.6) is 5.75 Å². The third-order valence-corrected chi connectivity index (χ3v) is 2.64. The average molecular weight is 275 g/mol. The number of nitrogens with two attached hydrogens (primary N) is 1. The molecular formula is C14H13NO5. The highest BCUT2D eigenvalue weighted by Crippen LogP contribution is 2.10. The first kappa shape index (κ1) is 13.8. The van der Waals surface area contributed by atoms with E-state index >= 15 is 0 Å². The molecule has 6 heteroatoms. The second kappa shape index (κ2) is 6.03. The summed E-state index contributed by atoms with van der Waals surface area (Å²) < 4.78 is 10.3. The summed E-state index contributed by atoms with van der Waals surface area (Å²) in [4.78, 5) is 22.5. The summed E-state index contributed by atoms with van der Waals surface area (Å²) in [6, 6.07) is 7.70. The van der Waals surface area contributed by atoms with Gasteiger partial charge in [-0.3, -0.25) is 9.59 Å². The van der Waals surface area contributed by atoms with Crippen LogP contribution in [0, 0.1) is 0 Å². The Bertz CT molecular complexity index is 660. The highest BCUT2D eigenvalue weighted by molar-refractivity contribution is 5.92. The Morgan fingerprint density at radius 2 is 2.00 bits per heavy atom. The number of ether oxygens (including phenoxy) is 1. The summed E-state index contributed by atoms with van der Waals surface area (Å²) in [5.74, 6) is -0.271. The van der Waals surface area contributed by atoms with Crippen molar-refractivity contribution in [2.45, 2.75) is 13.2 Å². The van der Waals surface area contributed by atoms with Gasteiger partial charge in [0.15, 0.2) is 0 Å². The standard InChI is InChI=1S/C14H13NO5/c15-14(18)10-3-1-9(2-4-10)7-20-13-8-19-11(6-16)5-12(13)17/h1-5,8,16H,6-7H2,(H2,15,18). The van der Waals surface area contributed by atoms with Crippen molar-refractivity contribution in [1.29, 1.82) is 0 Å². The van der Waals surface area contributed by atoms with Gasteiger partial charge >= 0.3 is 0 Å². The molecule has 0 atom stereocenters. The Hall–Kier alpha value is -2.60. The lowest BCUT2D eigenvalue weighted by Gasteiger charge is -2.06.